The number of carbonyl (C=O) groups is 2. The Labute approximate surface area is 117 Å². The molecule has 1 atom stereocenters. The van der Waals surface area contributed by atoms with Gasteiger partial charge in [0.25, 0.3) is 5.91 Å². The molecule has 0 bridgehead atoms. The Balaban J connectivity index is 2.77. The van der Waals surface area contributed by atoms with Gasteiger partial charge in [-0.05, 0) is 44.5 Å². The number of nitrogens with zero attached hydrogens (tertiary/aromatic N) is 1. The van der Waals surface area contributed by atoms with Gasteiger partial charge >= 0.3 is 5.97 Å². The van der Waals surface area contributed by atoms with Gasteiger partial charge in [-0.2, -0.15) is 5.26 Å². The molecule has 1 rings (SSSR count). The topological polar surface area (TPSA) is 90.2 Å². The summed E-state index contributed by atoms with van der Waals surface area (Å²) in [6.07, 6.45) is 2.00. The lowest BCUT2D eigenvalue weighted by Gasteiger charge is -2.13. The Hall–Kier alpha value is -2.61. The van der Waals surface area contributed by atoms with Gasteiger partial charge in [0.05, 0.1) is 11.6 Å². The first-order valence-electron chi connectivity index (χ1n) is 6.11. The SMILES string of the molecule is CC(C)=CC[C@H](NC(=O)c1ccc(C#N)cc1)C(=O)O. The fourth-order valence-corrected chi connectivity index (χ4v) is 1.51. The van der Waals surface area contributed by atoms with E-state index in [1.54, 1.807) is 6.08 Å². The molecule has 0 heterocycles. The highest BCUT2D eigenvalue weighted by molar-refractivity contribution is 5.96. The van der Waals surface area contributed by atoms with Crippen LogP contribution >= 0.6 is 0 Å². The van der Waals surface area contributed by atoms with Crippen LogP contribution in [0.25, 0.3) is 0 Å². The second kappa shape index (κ2) is 7.10. The van der Waals surface area contributed by atoms with Gasteiger partial charge in [-0.15, -0.1) is 0 Å². The van der Waals surface area contributed by atoms with Crippen molar-refractivity contribution in [3.8, 4) is 6.07 Å². The fraction of sp³-hybridized carbons (Fsp3) is 0.267. The van der Waals surface area contributed by atoms with Crippen molar-refractivity contribution in [3.05, 3.63) is 47.0 Å². The molecule has 5 nitrogen and oxygen atoms in total. The normalized spacial score (nSPS) is 11.1. The van der Waals surface area contributed by atoms with Crippen LogP contribution in [0, 0.1) is 11.3 Å². The molecular weight excluding hydrogens is 256 g/mol. The summed E-state index contributed by atoms with van der Waals surface area (Å²) < 4.78 is 0. The van der Waals surface area contributed by atoms with Crippen molar-refractivity contribution in [1.82, 2.24) is 5.32 Å². The number of hydrogen-bond donors (Lipinski definition) is 2. The third-order valence-corrected chi connectivity index (χ3v) is 2.64. The predicted molar refractivity (Wildman–Crippen MR) is 74.1 cm³/mol. The van der Waals surface area contributed by atoms with E-state index in [4.69, 9.17) is 10.4 Å². The van der Waals surface area contributed by atoms with Gasteiger partial charge in [-0.3, -0.25) is 4.79 Å². The van der Waals surface area contributed by atoms with Crippen LogP contribution in [-0.2, 0) is 4.79 Å². The molecule has 1 aromatic rings. The predicted octanol–water partition coefficient (Wildman–Crippen LogP) is 2.10. The van der Waals surface area contributed by atoms with E-state index in [-0.39, 0.29) is 6.42 Å². The van der Waals surface area contributed by atoms with Crippen LogP contribution in [0.15, 0.2) is 35.9 Å². The molecule has 0 spiro atoms. The molecule has 0 unspecified atom stereocenters. The van der Waals surface area contributed by atoms with Crippen LogP contribution < -0.4 is 5.32 Å². The van der Waals surface area contributed by atoms with Crippen molar-refractivity contribution in [1.29, 1.82) is 5.26 Å². The largest absolute Gasteiger partial charge is 0.480 e. The molecule has 0 radical (unpaired) electrons. The summed E-state index contributed by atoms with van der Waals surface area (Å²) in [6.45, 7) is 3.72. The molecule has 104 valence electrons. The summed E-state index contributed by atoms with van der Waals surface area (Å²) in [5, 5.41) is 20.2. The van der Waals surface area contributed by atoms with Gasteiger partial charge in [0.15, 0.2) is 0 Å². The fourth-order valence-electron chi connectivity index (χ4n) is 1.51. The minimum Gasteiger partial charge on any atom is -0.480 e. The van der Waals surface area contributed by atoms with Gasteiger partial charge in [0.2, 0.25) is 0 Å². The molecule has 0 aromatic heterocycles. The van der Waals surface area contributed by atoms with Crippen LogP contribution in [0.3, 0.4) is 0 Å². The van der Waals surface area contributed by atoms with Crippen molar-refractivity contribution >= 4 is 11.9 Å². The highest BCUT2D eigenvalue weighted by Gasteiger charge is 2.19. The zero-order valence-electron chi connectivity index (χ0n) is 11.4. The molecule has 0 fully saturated rings. The van der Waals surface area contributed by atoms with Gasteiger partial charge < -0.3 is 10.4 Å². The molecule has 5 heteroatoms. The zero-order valence-corrected chi connectivity index (χ0v) is 11.4. The van der Waals surface area contributed by atoms with Crippen molar-refractivity contribution in [3.63, 3.8) is 0 Å². The van der Waals surface area contributed by atoms with Gasteiger partial charge in [-0.1, -0.05) is 11.6 Å². The lowest BCUT2D eigenvalue weighted by Crippen LogP contribution is -2.40. The van der Waals surface area contributed by atoms with Crippen molar-refractivity contribution < 1.29 is 14.7 Å². The molecule has 20 heavy (non-hydrogen) atoms. The van der Waals surface area contributed by atoms with E-state index in [1.807, 2.05) is 19.9 Å². The number of aliphatic carboxylic acids is 1. The monoisotopic (exact) mass is 272 g/mol. The van der Waals surface area contributed by atoms with Crippen LogP contribution in [0.2, 0.25) is 0 Å². The number of nitriles is 1. The average Bonchev–Trinajstić information content (AvgIpc) is 2.42. The molecule has 2 N–H and O–H groups in total. The quantitative estimate of drug-likeness (QED) is 0.803. The van der Waals surface area contributed by atoms with Crippen LogP contribution in [0.1, 0.15) is 36.2 Å². The number of carbonyl (C=O) groups excluding carboxylic acids is 1. The van der Waals surface area contributed by atoms with Crippen LogP contribution in [-0.4, -0.2) is 23.0 Å². The first kappa shape index (κ1) is 15.4. The second-order valence-corrected chi connectivity index (χ2v) is 4.57. The molecular formula is C15H16N2O3. The second-order valence-electron chi connectivity index (χ2n) is 4.57. The van der Waals surface area contributed by atoms with E-state index in [9.17, 15) is 9.59 Å². The molecule has 0 aliphatic carbocycles. The van der Waals surface area contributed by atoms with Gasteiger partial charge in [0, 0.05) is 5.56 Å². The Morgan fingerprint density at radius 1 is 1.35 bits per heavy atom. The number of hydrogen-bond acceptors (Lipinski definition) is 3. The lowest BCUT2D eigenvalue weighted by molar-refractivity contribution is -0.139. The van der Waals surface area contributed by atoms with E-state index in [0.29, 0.717) is 11.1 Å². The first-order valence-corrected chi connectivity index (χ1v) is 6.11. The maximum absolute atomic E-state index is 11.9. The number of nitrogens with one attached hydrogen (secondary N) is 1. The number of carboxylic acids is 1. The highest BCUT2D eigenvalue weighted by atomic mass is 16.4. The number of carboxylic acid groups (broad SMARTS) is 1. The zero-order chi connectivity index (χ0) is 15.1. The summed E-state index contributed by atoms with van der Waals surface area (Å²) in [6, 6.07) is 7.00. The Morgan fingerprint density at radius 3 is 2.40 bits per heavy atom. The molecule has 0 aliphatic heterocycles. The van der Waals surface area contributed by atoms with Crippen molar-refractivity contribution in [2.75, 3.05) is 0 Å². The third-order valence-electron chi connectivity index (χ3n) is 2.64. The average molecular weight is 272 g/mol. The summed E-state index contributed by atoms with van der Waals surface area (Å²) >= 11 is 0. The molecule has 0 aliphatic rings. The van der Waals surface area contributed by atoms with Crippen molar-refractivity contribution in [2.24, 2.45) is 0 Å². The van der Waals surface area contributed by atoms with Crippen molar-refractivity contribution in [2.45, 2.75) is 26.3 Å². The molecule has 1 amide bonds. The van der Waals surface area contributed by atoms with E-state index in [1.165, 1.54) is 24.3 Å². The number of amides is 1. The number of allylic oxidation sites excluding steroid dienone is 1. The summed E-state index contributed by atoms with van der Waals surface area (Å²) in [5.74, 6) is -1.55. The number of benzene rings is 1. The smallest absolute Gasteiger partial charge is 0.326 e. The molecule has 0 saturated carbocycles. The maximum atomic E-state index is 11.9. The van der Waals surface area contributed by atoms with E-state index in [0.717, 1.165) is 5.57 Å². The Bertz CT molecular complexity index is 564. The lowest BCUT2D eigenvalue weighted by atomic mass is 10.1. The molecule has 1 aromatic carbocycles. The minimum absolute atomic E-state index is 0.236. The first-order chi connectivity index (χ1) is 9.43. The Morgan fingerprint density at radius 2 is 1.95 bits per heavy atom. The number of rotatable bonds is 5. The summed E-state index contributed by atoms with van der Waals surface area (Å²) in [5.41, 5.74) is 1.76. The van der Waals surface area contributed by atoms with Gasteiger partial charge in [-0.25, -0.2) is 4.79 Å². The minimum atomic E-state index is -1.08. The molecule has 0 saturated heterocycles. The van der Waals surface area contributed by atoms with Crippen LogP contribution in [0.5, 0.6) is 0 Å². The summed E-state index contributed by atoms with van der Waals surface area (Å²) in [4.78, 5) is 23.0. The van der Waals surface area contributed by atoms with Gasteiger partial charge in [0.1, 0.15) is 6.04 Å². The highest BCUT2D eigenvalue weighted by Crippen LogP contribution is 2.05. The van der Waals surface area contributed by atoms with E-state index < -0.39 is 17.9 Å². The van der Waals surface area contributed by atoms with Crippen LogP contribution in [0.4, 0.5) is 0 Å². The Kier molecular flexibility index (Phi) is 5.48. The van der Waals surface area contributed by atoms with E-state index in [2.05, 4.69) is 5.32 Å². The maximum Gasteiger partial charge on any atom is 0.326 e. The van der Waals surface area contributed by atoms with E-state index >= 15 is 0 Å². The third kappa shape index (κ3) is 4.58. The standard InChI is InChI=1S/C15H16N2O3/c1-10(2)3-8-13(15(19)20)17-14(18)12-6-4-11(9-16)5-7-12/h3-7,13H,8H2,1-2H3,(H,17,18)(H,19,20)/t13-/m0/s1. The summed E-state index contributed by atoms with van der Waals surface area (Å²) in [7, 11) is 0.